The quantitative estimate of drug-likeness (QED) is 0.780. The van der Waals surface area contributed by atoms with E-state index in [-0.39, 0.29) is 24.2 Å². The first-order valence-corrected chi connectivity index (χ1v) is 8.65. The van der Waals surface area contributed by atoms with Crippen molar-refractivity contribution in [1.82, 2.24) is 15.1 Å². The van der Waals surface area contributed by atoms with Gasteiger partial charge in [0.15, 0.2) is 0 Å². The van der Waals surface area contributed by atoms with Gasteiger partial charge in [-0.15, -0.1) is 0 Å². The lowest BCUT2D eigenvalue weighted by Gasteiger charge is -2.29. The van der Waals surface area contributed by atoms with Crippen LogP contribution < -0.4 is 0 Å². The highest BCUT2D eigenvalue weighted by molar-refractivity contribution is 5.84. The van der Waals surface area contributed by atoms with Crippen LogP contribution in [-0.4, -0.2) is 46.7 Å². The van der Waals surface area contributed by atoms with Crippen LogP contribution in [-0.2, 0) is 20.7 Å². The fourth-order valence-corrected chi connectivity index (χ4v) is 3.29. The van der Waals surface area contributed by atoms with Crippen LogP contribution in [0.1, 0.15) is 56.2 Å². The number of ether oxygens (including phenoxy) is 1. The second-order valence-electron chi connectivity index (χ2n) is 6.54. The number of nitrogens with one attached hydrogen (secondary N) is 1. The minimum Gasteiger partial charge on any atom is -0.466 e. The van der Waals surface area contributed by atoms with Gasteiger partial charge >= 0.3 is 5.97 Å². The first-order valence-electron chi connectivity index (χ1n) is 8.65. The van der Waals surface area contributed by atoms with Gasteiger partial charge in [-0.05, 0) is 50.5 Å². The molecule has 1 saturated carbocycles. The van der Waals surface area contributed by atoms with Crippen molar-refractivity contribution in [2.75, 3.05) is 19.7 Å². The molecule has 126 valence electrons. The normalized spacial score (nSPS) is 20.0. The molecule has 0 unspecified atom stereocenters. The van der Waals surface area contributed by atoms with Crippen molar-refractivity contribution in [2.24, 2.45) is 5.92 Å². The van der Waals surface area contributed by atoms with Gasteiger partial charge in [-0.1, -0.05) is 0 Å². The third-order valence-corrected chi connectivity index (χ3v) is 4.72. The maximum absolute atomic E-state index is 13.0. The summed E-state index contributed by atoms with van der Waals surface area (Å²) in [5.74, 6) is 0.367. The SMILES string of the molecule is CCOC(=O)CCN(CC1CC1)C(=O)[C@@H]1CCCc2cn[nH]c21. The summed E-state index contributed by atoms with van der Waals surface area (Å²) in [4.78, 5) is 26.5. The lowest BCUT2D eigenvalue weighted by atomic mass is 9.87. The van der Waals surface area contributed by atoms with Crippen LogP contribution in [0.15, 0.2) is 6.20 Å². The van der Waals surface area contributed by atoms with Crippen molar-refractivity contribution >= 4 is 11.9 Å². The number of esters is 1. The number of carbonyl (C=O) groups is 2. The molecule has 2 aliphatic carbocycles. The zero-order valence-electron chi connectivity index (χ0n) is 13.7. The molecular weight excluding hydrogens is 294 g/mol. The van der Waals surface area contributed by atoms with Crippen LogP contribution in [0.4, 0.5) is 0 Å². The predicted molar refractivity (Wildman–Crippen MR) is 84.8 cm³/mol. The summed E-state index contributed by atoms with van der Waals surface area (Å²) >= 11 is 0. The number of aromatic amines is 1. The van der Waals surface area contributed by atoms with Crippen molar-refractivity contribution in [3.8, 4) is 0 Å². The van der Waals surface area contributed by atoms with Gasteiger partial charge in [0.05, 0.1) is 30.8 Å². The minimum atomic E-state index is -0.230. The molecule has 2 aliphatic rings. The molecule has 0 aliphatic heterocycles. The summed E-state index contributed by atoms with van der Waals surface area (Å²) in [7, 11) is 0. The summed E-state index contributed by atoms with van der Waals surface area (Å²) in [6.45, 7) is 3.40. The average Bonchev–Trinajstić information content (AvgIpc) is 3.23. The van der Waals surface area contributed by atoms with Gasteiger partial charge in [0, 0.05) is 13.1 Å². The molecule has 1 amide bonds. The van der Waals surface area contributed by atoms with E-state index in [9.17, 15) is 9.59 Å². The third kappa shape index (κ3) is 3.92. The fourth-order valence-electron chi connectivity index (χ4n) is 3.29. The summed E-state index contributed by atoms with van der Waals surface area (Å²) in [6, 6.07) is 0. The van der Waals surface area contributed by atoms with E-state index >= 15 is 0 Å². The molecule has 6 heteroatoms. The van der Waals surface area contributed by atoms with Gasteiger partial charge in [-0.3, -0.25) is 14.7 Å². The van der Waals surface area contributed by atoms with Crippen LogP contribution in [0.5, 0.6) is 0 Å². The van der Waals surface area contributed by atoms with E-state index in [1.807, 2.05) is 11.1 Å². The Labute approximate surface area is 136 Å². The number of H-pyrrole nitrogens is 1. The van der Waals surface area contributed by atoms with Crippen LogP contribution in [0.3, 0.4) is 0 Å². The van der Waals surface area contributed by atoms with Gasteiger partial charge < -0.3 is 9.64 Å². The maximum Gasteiger partial charge on any atom is 0.307 e. The van der Waals surface area contributed by atoms with Crippen molar-refractivity contribution in [2.45, 2.75) is 51.4 Å². The molecule has 23 heavy (non-hydrogen) atoms. The fraction of sp³-hybridized carbons (Fsp3) is 0.706. The molecule has 3 rings (SSSR count). The lowest BCUT2D eigenvalue weighted by molar-refractivity contribution is -0.144. The Morgan fingerprint density at radius 2 is 2.22 bits per heavy atom. The van der Waals surface area contributed by atoms with Crippen molar-refractivity contribution in [3.05, 3.63) is 17.5 Å². The van der Waals surface area contributed by atoms with Crippen LogP contribution in [0.2, 0.25) is 0 Å². The summed E-state index contributed by atoms with van der Waals surface area (Å²) < 4.78 is 4.99. The number of aromatic nitrogens is 2. The highest BCUT2D eigenvalue weighted by Crippen LogP contribution is 2.34. The molecule has 0 radical (unpaired) electrons. The zero-order chi connectivity index (χ0) is 16.2. The van der Waals surface area contributed by atoms with Gasteiger partial charge in [0.2, 0.25) is 5.91 Å². The Morgan fingerprint density at radius 3 is 2.96 bits per heavy atom. The largest absolute Gasteiger partial charge is 0.466 e. The highest BCUT2D eigenvalue weighted by atomic mass is 16.5. The van der Waals surface area contributed by atoms with E-state index < -0.39 is 0 Å². The lowest BCUT2D eigenvalue weighted by Crippen LogP contribution is -2.39. The number of amides is 1. The Hall–Kier alpha value is -1.85. The molecule has 6 nitrogen and oxygen atoms in total. The molecule has 1 aromatic rings. The molecule has 0 saturated heterocycles. The summed E-state index contributed by atoms with van der Waals surface area (Å²) in [5.41, 5.74) is 2.13. The monoisotopic (exact) mass is 319 g/mol. The smallest absolute Gasteiger partial charge is 0.307 e. The summed E-state index contributed by atoms with van der Waals surface area (Å²) in [6.07, 6.45) is 7.33. The molecule has 0 aromatic carbocycles. The maximum atomic E-state index is 13.0. The number of fused-ring (bicyclic) bond motifs is 1. The van der Waals surface area contributed by atoms with Crippen molar-refractivity contribution in [3.63, 3.8) is 0 Å². The van der Waals surface area contributed by atoms with Crippen molar-refractivity contribution < 1.29 is 14.3 Å². The standard InChI is InChI=1S/C17H25N3O3/c1-2-23-15(21)8-9-20(11-12-6-7-12)17(22)14-5-3-4-13-10-18-19-16(13)14/h10,12,14H,2-9,11H2,1H3,(H,18,19)/t14-/m1/s1. The average molecular weight is 319 g/mol. The summed E-state index contributed by atoms with van der Waals surface area (Å²) in [5, 5.41) is 7.11. The van der Waals surface area contributed by atoms with Gasteiger partial charge in [-0.25, -0.2) is 0 Å². The van der Waals surface area contributed by atoms with Gasteiger partial charge in [-0.2, -0.15) is 5.10 Å². The molecule has 0 spiro atoms. The van der Waals surface area contributed by atoms with Crippen LogP contribution in [0, 0.1) is 5.92 Å². The van der Waals surface area contributed by atoms with E-state index in [0.29, 0.717) is 19.1 Å². The van der Waals surface area contributed by atoms with Gasteiger partial charge in [0.1, 0.15) is 0 Å². The first-order chi connectivity index (χ1) is 11.2. The number of hydrogen-bond donors (Lipinski definition) is 1. The molecule has 1 aromatic heterocycles. The van der Waals surface area contributed by atoms with Crippen LogP contribution >= 0.6 is 0 Å². The molecule has 1 atom stereocenters. The molecule has 0 bridgehead atoms. The number of nitrogens with zero attached hydrogens (tertiary/aromatic N) is 2. The van der Waals surface area contributed by atoms with E-state index in [2.05, 4.69) is 10.2 Å². The van der Waals surface area contributed by atoms with Crippen molar-refractivity contribution in [1.29, 1.82) is 0 Å². The van der Waals surface area contributed by atoms with E-state index in [0.717, 1.165) is 37.1 Å². The Balaban J connectivity index is 1.66. The van der Waals surface area contributed by atoms with Gasteiger partial charge in [0.25, 0.3) is 0 Å². The Morgan fingerprint density at radius 1 is 1.39 bits per heavy atom. The second-order valence-corrected chi connectivity index (χ2v) is 6.54. The highest BCUT2D eigenvalue weighted by Gasteiger charge is 2.34. The molecule has 1 N–H and O–H groups in total. The van der Waals surface area contributed by atoms with Crippen LogP contribution in [0.25, 0.3) is 0 Å². The second kappa shape index (κ2) is 7.15. The minimum absolute atomic E-state index is 0.131. The number of hydrogen-bond acceptors (Lipinski definition) is 4. The third-order valence-electron chi connectivity index (χ3n) is 4.72. The Kier molecular flexibility index (Phi) is 4.98. The number of carbonyl (C=O) groups excluding carboxylic acids is 2. The first kappa shape index (κ1) is 16.0. The zero-order valence-corrected chi connectivity index (χ0v) is 13.7. The van der Waals surface area contributed by atoms with E-state index in [1.54, 1.807) is 6.92 Å². The van der Waals surface area contributed by atoms with E-state index in [1.165, 1.54) is 12.8 Å². The Bertz CT molecular complexity index is 565. The topological polar surface area (TPSA) is 75.3 Å². The number of rotatable bonds is 7. The number of aryl methyl sites for hydroxylation is 1. The predicted octanol–water partition coefficient (Wildman–Crippen LogP) is 2.02. The molecular formula is C17H25N3O3. The van der Waals surface area contributed by atoms with E-state index in [4.69, 9.17) is 4.74 Å². The molecule has 1 heterocycles. The molecule has 1 fully saturated rings.